The van der Waals surface area contributed by atoms with Crippen LogP contribution in [0.1, 0.15) is 39.0 Å². The third-order valence-corrected chi connectivity index (χ3v) is 6.43. The minimum absolute atomic E-state index is 0.101. The van der Waals surface area contributed by atoms with Gasteiger partial charge in [0.15, 0.2) is 11.4 Å². The van der Waals surface area contributed by atoms with E-state index in [0.717, 1.165) is 61.7 Å². The van der Waals surface area contributed by atoms with E-state index in [1.54, 1.807) is 6.92 Å². The van der Waals surface area contributed by atoms with Crippen molar-refractivity contribution >= 4 is 34.3 Å². The molecule has 6 nitrogen and oxygen atoms in total. The van der Waals surface area contributed by atoms with E-state index in [0.29, 0.717) is 11.1 Å². The lowest BCUT2D eigenvalue weighted by Crippen LogP contribution is -2.47. The van der Waals surface area contributed by atoms with Crippen LogP contribution in [0.2, 0.25) is 5.02 Å². The SMILES string of the molecule is CC(=O)NC1CCC(CCN2CCN(c3noc4cc(Cl)ccc34)CC2)CC1. The van der Waals surface area contributed by atoms with E-state index in [2.05, 4.69) is 20.3 Å². The van der Waals surface area contributed by atoms with Crippen LogP contribution in [-0.4, -0.2) is 54.7 Å². The van der Waals surface area contributed by atoms with E-state index in [9.17, 15) is 4.79 Å². The number of halogens is 1. The smallest absolute Gasteiger partial charge is 0.217 e. The quantitative estimate of drug-likeness (QED) is 0.823. The highest BCUT2D eigenvalue weighted by Gasteiger charge is 2.24. The fourth-order valence-electron chi connectivity index (χ4n) is 4.56. The second-order valence-corrected chi connectivity index (χ2v) is 8.62. The Bertz CT molecular complexity index is 808. The number of benzene rings is 1. The molecule has 1 aliphatic carbocycles. The van der Waals surface area contributed by atoms with Gasteiger partial charge in [0.1, 0.15) is 0 Å². The number of piperazine rings is 1. The van der Waals surface area contributed by atoms with Gasteiger partial charge < -0.3 is 14.7 Å². The second kappa shape index (κ2) is 8.70. The summed E-state index contributed by atoms with van der Waals surface area (Å²) in [6.45, 7) is 6.84. The molecule has 152 valence electrons. The predicted molar refractivity (Wildman–Crippen MR) is 112 cm³/mol. The van der Waals surface area contributed by atoms with Gasteiger partial charge in [-0.1, -0.05) is 16.8 Å². The lowest BCUT2D eigenvalue weighted by molar-refractivity contribution is -0.119. The first-order valence-electron chi connectivity index (χ1n) is 10.4. The molecule has 2 fully saturated rings. The van der Waals surface area contributed by atoms with Crippen molar-refractivity contribution < 1.29 is 9.32 Å². The Hall–Kier alpha value is -1.79. The van der Waals surface area contributed by atoms with Crippen LogP contribution in [0.5, 0.6) is 0 Å². The predicted octanol–water partition coefficient (Wildman–Crippen LogP) is 3.69. The third-order valence-electron chi connectivity index (χ3n) is 6.19. The summed E-state index contributed by atoms with van der Waals surface area (Å²) >= 11 is 6.04. The highest BCUT2D eigenvalue weighted by molar-refractivity contribution is 6.31. The van der Waals surface area contributed by atoms with Gasteiger partial charge in [-0.25, -0.2) is 0 Å². The van der Waals surface area contributed by atoms with Crippen LogP contribution in [-0.2, 0) is 4.79 Å². The number of rotatable bonds is 5. The van der Waals surface area contributed by atoms with Crippen LogP contribution >= 0.6 is 11.6 Å². The molecular formula is C21H29ClN4O2. The van der Waals surface area contributed by atoms with Crippen molar-refractivity contribution in [3.63, 3.8) is 0 Å². The monoisotopic (exact) mass is 404 g/mol. The normalized spacial score (nSPS) is 23.9. The fourth-order valence-corrected chi connectivity index (χ4v) is 4.72. The minimum atomic E-state index is 0.101. The van der Waals surface area contributed by atoms with Crippen molar-refractivity contribution in [3.05, 3.63) is 23.2 Å². The van der Waals surface area contributed by atoms with Crippen molar-refractivity contribution in [3.8, 4) is 0 Å². The summed E-state index contributed by atoms with van der Waals surface area (Å²) in [4.78, 5) is 16.1. The zero-order valence-corrected chi connectivity index (χ0v) is 17.2. The first kappa shape index (κ1) is 19.5. The lowest BCUT2D eigenvalue weighted by Gasteiger charge is -2.36. The van der Waals surface area contributed by atoms with Gasteiger partial charge in [0.05, 0.1) is 5.39 Å². The molecule has 2 aromatic rings. The van der Waals surface area contributed by atoms with Crippen molar-refractivity contribution in [2.45, 2.75) is 45.1 Å². The molecule has 7 heteroatoms. The molecule has 1 saturated carbocycles. The number of nitrogens with zero attached hydrogens (tertiary/aromatic N) is 3. The van der Waals surface area contributed by atoms with E-state index in [1.807, 2.05) is 18.2 Å². The average molecular weight is 405 g/mol. The fraction of sp³-hybridized carbons (Fsp3) is 0.619. The molecule has 0 atom stereocenters. The Kier molecular flexibility index (Phi) is 6.07. The molecule has 1 N–H and O–H groups in total. The highest BCUT2D eigenvalue weighted by Crippen LogP contribution is 2.30. The number of hydrogen-bond acceptors (Lipinski definition) is 5. The molecular weight excluding hydrogens is 376 g/mol. The van der Waals surface area contributed by atoms with Gasteiger partial charge >= 0.3 is 0 Å². The Balaban J connectivity index is 1.22. The maximum absolute atomic E-state index is 11.2. The molecule has 0 spiro atoms. The zero-order valence-electron chi connectivity index (χ0n) is 16.5. The molecule has 2 heterocycles. The van der Waals surface area contributed by atoms with Crippen LogP contribution in [0.15, 0.2) is 22.7 Å². The number of fused-ring (bicyclic) bond motifs is 1. The minimum Gasteiger partial charge on any atom is -0.354 e. The van der Waals surface area contributed by atoms with Gasteiger partial charge in [-0.15, -0.1) is 0 Å². The molecule has 0 radical (unpaired) electrons. The maximum Gasteiger partial charge on any atom is 0.217 e. The van der Waals surface area contributed by atoms with Gasteiger partial charge in [-0.05, 0) is 56.7 Å². The summed E-state index contributed by atoms with van der Waals surface area (Å²) in [5.41, 5.74) is 0.750. The third kappa shape index (κ3) is 4.61. The van der Waals surface area contributed by atoms with Gasteiger partial charge in [0.2, 0.25) is 5.91 Å². The number of aromatic nitrogens is 1. The summed E-state index contributed by atoms with van der Waals surface area (Å²) in [5.74, 6) is 1.83. The van der Waals surface area contributed by atoms with Crippen molar-refractivity contribution in [1.29, 1.82) is 0 Å². The number of carbonyl (C=O) groups excluding carboxylic acids is 1. The molecule has 1 aliphatic heterocycles. The molecule has 1 aromatic carbocycles. The van der Waals surface area contributed by atoms with Gasteiger partial charge in [0.25, 0.3) is 0 Å². The summed E-state index contributed by atoms with van der Waals surface area (Å²) in [7, 11) is 0. The first-order chi connectivity index (χ1) is 13.6. The number of hydrogen-bond donors (Lipinski definition) is 1. The number of carbonyl (C=O) groups is 1. The van der Waals surface area contributed by atoms with Gasteiger partial charge in [-0.3, -0.25) is 9.69 Å². The molecule has 4 rings (SSSR count). The molecule has 28 heavy (non-hydrogen) atoms. The van der Waals surface area contributed by atoms with E-state index >= 15 is 0 Å². The highest BCUT2D eigenvalue weighted by atomic mass is 35.5. The molecule has 0 bridgehead atoms. The lowest BCUT2D eigenvalue weighted by atomic mass is 9.84. The number of nitrogens with one attached hydrogen (secondary N) is 1. The first-order valence-corrected chi connectivity index (χ1v) is 10.8. The molecule has 0 unspecified atom stereocenters. The molecule has 1 aromatic heterocycles. The maximum atomic E-state index is 11.2. The summed E-state index contributed by atoms with van der Waals surface area (Å²) in [6.07, 6.45) is 5.98. The Morgan fingerprint density at radius 3 is 2.68 bits per heavy atom. The molecule has 1 saturated heterocycles. The van der Waals surface area contributed by atoms with Crippen LogP contribution in [0, 0.1) is 5.92 Å². The van der Waals surface area contributed by atoms with E-state index in [1.165, 1.54) is 25.8 Å². The van der Waals surface area contributed by atoms with E-state index < -0.39 is 0 Å². The van der Waals surface area contributed by atoms with Crippen LogP contribution < -0.4 is 10.2 Å². The average Bonchev–Trinajstić information content (AvgIpc) is 3.10. The van der Waals surface area contributed by atoms with Crippen molar-refractivity contribution in [2.24, 2.45) is 5.92 Å². The topological polar surface area (TPSA) is 61.6 Å². The van der Waals surface area contributed by atoms with E-state index in [-0.39, 0.29) is 5.91 Å². The molecule has 2 aliphatic rings. The number of anilines is 1. The standard InChI is InChI=1S/C21H29ClN4O2/c1-15(27)23-18-5-2-16(3-6-18)8-9-25-10-12-26(13-11-25)21-19-7-4-17(22)14-20(19)28-24-21/h4,7,14,16,18H,2-3,5-6,8-13H2,1H3,(H,23,27). The van der Waals surface area contributed by atoms with Crippen molar-refractivity contribution in [1.82, 2.24) is 15.4 Å². The Morgan fingerprint density at radius 1 is 1.21 bits per heavy atom. The Morgan fingerprint density at radius 2 is 1.96 bits per heavy atom. The van der Waals surface area contributed by atoms with Gasteiger partial charge in [0, 0.05) is 50.2 Å². The summed E-state index contributed by atoms with van der Waals surface area (Å²) in [5, 5.41) is 9.05. The van der Waals surface area contributed by atoms with Crippen LogP contribution in [0.4, 0.5) is 5.82 Å². The van der Waals surface area contributed by atoms with Crippen molar-refractivity contribution in [2.75, 3.05) is 37.6 Å². The summed E-state index contributed by atoms with van der Waals surface area (Å²) < 4.78 is 5.45. The Labute approximate surface area is 171 Å². The zero-order chi connectivity index (χ0) is 19.5. The summed E-state index contributed by atoms with van der Waals surface area (Å²) in [6, 6.07) is 6.10. The van der Waals surface area contributed by atoms with Gasteiger partial charge in [-0.2, -0.15) is 0 Å². The van der Waals surface area contributed by atoms with Crippen LogP contribution in [0.3, 0.4) is 0 Å². The second-order valence-electron chi connectivity index (χ2n) is 8.18. The molecule has 1 amide bonds. The van der Waals surface area contributed by atoms with E-state index in [4.69, 9.17) is 16.1 Å². The van der Waals surface area contributed by atoms with Crippen LogP contribution in [0.25, 0.3) is 11.0 Å². The largest absolute Gasteiger partial charge is 0.354 e. The number of amides is 1.